The van der Waals surface area contributed by atoms with E-state index in [-0.39, 0.29) is 12.0 Å². The largest absolute Gasteiger partial charge is 0.438 e. The molecule has 7 heteroatoms. The van der Waals surface area contributed by atoms with Gasteiger partial charge >= 0.3 is 5.97 Å². The molecule has 0 aromatic carbocycles. The zero-order valence-electron chi connectivity index (χ0n) is 18.4. The van der Waals surface area contributed by atoms with E-state index in [1.807, 2.05) is 0 Å². The molecule has 2 saturated heterocycles. The van der Waals surface area contributed by atoms with Gasteiger partial charge in [0.1, 0.15) is 6.04 Å². The van der Waals surface area contributed by atoms with Crippen LogP contribution in [0.4, 0.5) is 0 Å². The van der Waals surface area contributed by atoms with Crippen LogP contribution >= 0.6 is 0 Å². The summed E-state index contributed by atoms with van der Waals surface area (Å²) in [6, 6.07) is 0.530. The van der Waals surface area contributed by atoms with Gasteiger partial charge in [0.25, 0.3) is 0 Å². The van der Waals surface area contributed by atoms with E-state index in [2.05, 4.69) is 20.4 Å². The molecule has 1 amide bonds. The Morgan fingerprint density at radius 1 is 0.967 bits per heavy atom. The fourth-order valence-electron chi connectivity index (χ4n) is 6.22. The lowest BCUT2D eigenvalue weighted by Crippen LogP contribution is -2.59. The minimum absolute atomic E-state index is 0.103. The molecule has 0 spiro atoms. The maximum atomic E-state index is 13.5. The third-order valence-corrected chi connectivity index (χ3v) is 7.93. The zero-order chi connectivity index (χ0) is 20.8. The van der Waals surface area contributed by atoms with Gasteiger partial charge in [-0.25, -0.2) is 0 Å². The third-order valence-electron chi connectivity index (χ3n) is 7.93. The molecule has 2 heterocycles. The van der Waals surface area contributed by atoms with Crippen LogP contribution in [0.25, 0.3) is 0 Å². The second-order valence-electron chi connectivity index (χ2n) is 9.78. The predicted molar refractivity (Wildman–Crippen MR) is 116 cm³/mol. The number of nitrogens with zero attached hydrogens (tertiary/aromatic N) is 2. The molecule has 4 rings (SSSR count). The Morgan fingerprint density at radius 3 is 2.27 bits per heavy atom. The van der Waals surface area contributed by atoms with Gasteiger partial charge in [-0.15, -0.1) is 0 Å². The van der Waals surface area contributed by atoms with E-state index in [1.165, 1.54) is 25.7 Å². The van der Waals surface area contributed by atoms with Crippen molar-refractivity contribution in [3.05, 3.63) is 0 Å². The second kappa shape index (κ2) is 10.4. The molecule has 0 radical (unpaired) electrons. The van der Waals surface area contributed by atoms with Gasteiger partial charge in [0.2, 0.25) is 6.41 Å². The van der Waals surface area contributed by atoms with Crippen molar-refractivity contribution in [2.45, 2.75) is 88.4 Å². The van der Waals surface area contributed by atoms with Gasteiger partial charge in [0, 0.05) is 45.1 Å². The number of piperazine rings is 1. The van der Waals surface area contributed by atoms with Gasteiger partial charge in [-0.1, -0.05) is 19.3 Å². The number of ether oxygens (including phenoxy) is 1. The monoisotopic (exact) mass is 420 g/mol. The third kappa shape index (κ3) is 5.17. The van der Waals surface area contributed by atoms with Crippen molar-refractivity contribution >= 4 is 12.4 Å². The minimum atomic E-state index is -0.787. The number of hydrogen-bond acceptors (Lipinski definition) is 6. The van der Waals surface area contributed by atoms with Gasteiger partial charge < -0.3 is 15.4 Å². The molecule has 2 aliphatic heterocycles. The number of amides is 1. The van der Waals surface area contributed by atoms with Crippen molar-refractivity contribution in [2.24, 2.45) is 5.92 Å². The molecule has 0 bridgehead atoms. The van der Waals surface area contributed by atoms with Crippen LogP contribution in [-0.2, 0) is 14.3 Å². The molecule has 2 aliphatic carbocycles. The van der Waals surface area contributed by atoms with Crippen LogP contribution in [0, 0.1) is 5.92 Å². The summed E-state index contributed by atoms with van der Waals surface area (Å²) in [5.41, 5.74) is -0.787. The Labute approximate surface area is 181 Å². The van der Waals surface area contributed by atoms with E-state index in [0.717, 1.165) is 84.2 Å². The first-order valence-electron chi connectivity index (χ1n) is 12.3. The quantitative estimate of drug-likeness (QED) is 0.372. The molecule has 0 aromatic rings. The number of carbonyl (C=O) groups excluding carboxylic acids is 2. The second-order valence-corrected chi connectivity index (χ2v) is 9.78. The first-order valence-corrected chi connectivity index (χ1v) is 12.3. The Morgan fingerprint density at radius 2 is 1.63 bits per heavy atom. The molecule has 0 aromatic heterocycles. The molecule has 1 unspecified atom stereocenters. The van der Waals surface area contributed by atoms with E-state index in [0.29, 0.717) is 18.4 Å². The molecule has 2 saturated carbocycles. The van der Waals surface area contributed by atoms with Gasteiger partial charge in [0.15, 0.2) is 5.72 Å². The zero-order valence-corrected chi connectivity index (χ0v) is 18.4. The molecular formula is C23H40N4O3. The van der Waals surface area contributed by atoms with Crippen LogP contribution in [0.1, 0.15) is 70.6 Å². The Kier molecular flexibility index (Phi) is 7.65. The van der Waals surface area contributed by atoms with Gasteiger partial charge in [-0.3, -0.25) is 19.4 Å². The highest BCUT2D eigenvalue weighted by Crippen LogP contribution is 2.35. The highest BCUT2D eigenvalue weighted by Gasteiger charge is 2.43. The van der Waals surface area contributed by atoms with Gasteiger partial charge in [-0.2, -0.15) is 0 Å². The lowest BCUT2D eigenvalue weighted by Gasteiger charge is -2.45. The van der Waals surface area contributed by atoms with E-state index >= 15 is 0 Å². The van der Waals surface area contributed by atoms with Crippen LogP contribution in [0.2, 0.25) is 0 Å². The summed E-state index contributed by atoms with van der Waals surface area (Å²) in [5.74, 6) is 0.285. The molecule has 7 nitrogen and oxygen atoms in total. The van der Waals surface area contributed by atoms with Gasteiger partial charge in [0.05, 0.1) is 0 Å². The van der Waals surface area contributed by atoms with E-state index in [1.54, 1.807) is 0 Å². The fourth-order valence-corrected chi connectivity index (χ4v) is 6.22. The minimum Gasteiger partial charge on any atom is -0.438 e. The summed E-state index contributed by atoms with van der Waals surface area (Å²) in [4.78, 5) is 29.8. The molecule has 4 fully saturated rings. The Bertz CT molecular complexity index is 561. The maximum Gasteiger partial charge on any atom is 0.325 e. The van der Waals surface area contributed by atoms with Crippen LogP contribution in [-0.4, -0.2) is 79.3 Å². The molecular weight excluding hydrogens is 380 g/mol. The number of rotatable bonds is 7. The number of hydrogen-bond donors (Lipinski definition) is 2. The van der Waals surface area contributed by atoms with E-state index in [4.69, 9.17) is 4.74 Å². The van der Waals surface area contributed by atoms with Crippen molar-refractivity contribution in [1.29, 1.82) is 0 Å². The molecule has 170 valence electrons. The number of esters is 1. The lowest BCUT2D eigenvalue weighted by atomic mass is 9.91. The van der Waals surface area contributed by atoms with Crippen LogP contribution in [0.3, 0.4) is 0 Å². The molecule has 2 N–H and O–H groups in total. The van der Waals surface area contributed by atoms with Crippen molar-refractivity contribution in [3.8, 4) is 0 Å². The average molecular weight is 421 g/mol. The highest BCUT2D eigenvalue weighted by molar-refractivity contribution is 5.77. The molecule has 4 aliphatic rings. The summed E-state index contributed by atoms with van der Waals surface area (Å²) >= 11 is 0. The van der Waals surface area contributed by atoms with Crippen LogP contribution in [0.5, 0.6) is 0 Å². The topological polar surface area (TPSA) is 73.9 Å². The lowest BCUT2D eigenvalue weighted by molar-refractivity contribution is -0.177. The van der Waals surface area contributed by atoms with Crippen molar-refractivity contribution in [3.63, 3.8) is 0 Å². The fraction of sp³-hybridized carbons (Fsp3) is 0.913. The smallest absolute Gasteiger partial charge is 0.325 e. The summed E-state index contributed by atoms with van der Waals surface area (Å²) in [7, 11) is 0. The predicted octanol–water partition coefficient (Wildman–Crippen LogP) is 1.86. The number of piperidine rings is 1. The van der Waals surface area contributed by atoms with Crippen LogP contribution in [0.15, 0.2) is 0 Å². The van der Waals surface area contributed by atoms with Crippen molar-refractivity contribution in [2.75, 3.05) is 39.3 Å². The summed E-state index contributed by atoms with van der Waals surface area (Å²) in [6.07, 6.45) is 12.4. The summed E-state index contributed by atoms with van der Waals surface area (Å²) < 4.78 is 6.15. The van der Waals surface area contributed by atoms with E-state index in [9.17, 15) is 9.59 Å². The summed E-state index contributed by atoms with van der Waals surface area (Å²) in [6.45, 7) is 6.20. The average Bonchev–Trinajstić information content (AvgIpc) is 3.30. The Balaban J connectivity index is 1.41. The van der Waals surface area contributed by atoms with Gasteiger partial charge in [-0.05, 0) is 57.5 Å². The highest BCUT2D eigenvalue weighted by atomic mass is 16.6. The summed E-state index contributed by atoms with van der Waals surface area (Å²) in [5, 5.41) is 6.33. The Hall–Kier alpha value is -1.18. The number of carbonyl (C=O) groups is 2. The SMILES string of the molecule is O=CNC1(OC(=O)C(C2CCCC2)N2CCN(C3CCNCC3)CC2)CCCCC1. The van der Waals surface area contributed by atoms with Crippen LogP contribution < -0.4 is 10.6 Å². The van der Waals surface area contributed by atoms with Crippen molar-refractivity contribution in [1.82, 2.24) is 20.4 Å². The molecule has 1 atom stereocenters. The van der Waals surface area contributed by atoms with E-state index < -0.39 is 5.72 Å². The standard InChI is InChI=1S/C23H40N4O3/c28-18-25-23(10-4-1-5-11-23)30-22(29)21(19-6-2-3-7-19)27-16-14-26(15-17-27)20-8-12-24-13-9-20/h18-21,24H,1-17H2,(H,25,28). The van der Waals surface area contributed by atoms with Crippen molar-refractivity contribution < 1.29 is 14.3 Å². The number of nitrogens with one attached hydrogen (secondary N) is 2. The first kappa shape index (κ1) is 22.0. The maximum absolute atomic E-state index is 13.5. The molecule has 30 heavy (non-hydrogen) atoms. The normalized spacial score (nSPS) is 28.1. The first-order chi connectivity index (χ1) is 14.7.